The van der Waals surface area contributed by atoms with Gasteiger partial charge in [-0.05, 0) is 51.4 Å². The molecule has 9 nitrogen and oxygen atoms in total. The number of unbranched alkanes of at least 4 members (excludes halogenated alkanes) is 21. The van der Waals surface area contributed by atoms with Gasteiger partial charge in [0, 0.05) is 13.0 Å². The van der Waals surface area contributed by atoms with Gasteiger partial charge in [-0.15, -0.1) is 0 Å². The second-order valence-corrected chi connectivity index (χ2v) is 15.5. The van der Waals surface area contributed by atoms with Gasteiger partial charge in [0.1, 0.15) is 30.5 Å². The van der Waals surface area contributed by atoms with E-state index >= 15 is 0 Å². The number of aliphatic hydroxyl groups excluding tert-OH is 4. The number of esters is 1. The summed E-state index contributed by atoms with van der Waals surface area (Å²) in [4.78, 5) is 12.7. The summed E-state index contributed by atoms with van der Waals surface area (Å²) in [6, 6.07) is 0. The molecule has 0 aliphatic carbocycles. The minimum atomic E-state index is -1.54. The predicted octanol–water partition coefficient (Wildman–Crippen LogP) is 9.97. The molecule has 0 amide bonds. The summed E-state index contributed by atoms with van der Waals surface area (Å²) in [6.07, 6.45) is 37.4. The average molecular weight is 781 g/mol. The molecule has 1 rings (SSSR count). The van der Waals surface area contributed by atoms with Gasteiger partial charge in [-0.2, -0.15) is 0 Å². The monoisotopic (exact) mass is 781 g/mol. The number of rotatable bonds is 38. The zero-order valence-electron chi connectivity index (χ0n) is 35.2. The van der Waals surface area contributed by atoms with Crippen LogP contribution in [0.15, 0.2) is 36.5 Å². The van der Waals surface area contributed by atoms with E-state index in [1.807, 2.05) is 0 Å². The Morgan fingerprint density at radius 3 is 1.62 bits per heavy atom. The number of allylic oxidation sites excluding steroid dienone is 6. The molecule has 6 atom stereocenters. The van der Waals surface area contributed by atoms with E-state index in [-0.39, 0.29) is 19.2 Å². The minimum absolute atomic E-state index is 0.115. The van der Waals surface area contributed by atoms with Crippen molar-refractivity contribution in [2.24, 2.45) is 0 Å². The number of carbonyl (C=O) groups is 1. The smallest absolute Gasteiger partial charge is 0.306 e. The fourth-order valence-electron chi connectivity index (χ4n) is 6.73. The zero-order chi connectivity index (χ0) is 40.0. The lowest BCUT2D eigenvalue weighted by Crippen LogP contribution is -2.59. The van der Waals surface area contributed by atoms with Crippen LogP contribution in [0.3, 0.4) is 0 Å². The van der Waals surface area contributed by atoms with Gasteiger partial charge in [-0.3, -0.25) is 4.79 Å². The van der Waals surface area contributed by atoms with Crippen molar-refractivity contribution in [2.75, 3.05) is 26.4 Å². The van der Waals surface area contributed by atoms with Gasteiger partial charge in [-0.25, -0.2) is 0 Å². The highest BCUT2D eigenvalue weighted by atomic mass is 16.7. The summed E-state index contributed by atoms with van der Waals surface area (Å²) >= 11 is 0. The van der Waals surface area contributed by atoms with Crippen molar-refractivity contribution < 1.29 is 44.2 Å². The van der Waals surface area contributed by atoms with Crippen LogP contribution in [0.5, 0.6) is 0 Å². The average Bonchev–Trinajstić information content (AvgIpc) is 3.18. The fraction of sp³-hybridized carbons (Fsp3) is 0.848. The molecule has 1 aliphatic rings. The molecule has 0 bridgehead atoms. The van der Waals surface area contributed by atoms with Crippen molar-refractivity contribution in [3.63, 3.8) is 0 Å². The normalized spacial score (nSPS) is 21.0. The van der Waals surface area contributed by atoms with Crippen molar-refractivity contribution in [3.05, 3.63) is 36.5 Å². The molecule has 0 aromatic carbocycles. The number of hydrogen-bond acceptors (Lipinski definition) is 9. The van der Waals surface area contributed by atoms with Crippen LogP contribution in [0.1, 0.15) is 187 Å². The van der Waals surface area contributed by atoms with Gasteiger partial charge < -0.3 is 39.4 Å². The summed E-state index contributed by atoms with van der Waals surface area (Å²) < 4.78 is 22.8. The van der Waals surface area contributed by atoms with E-state index in [2.05, 4.69) is 50.3 Å². The Morgan fingerprint density at radius 1 is 0.582 bits per heavy atom. The van der Waals surface area contributed by atoms with Gasteiger partial charge in [0.05, 0.1) is 19.8 Å². The maximum absolute atomic E-state index is 12.7. The van der Waals surface area contributed by atoms with Crippen LogP contribution in [-0.2, 0) is 23.7 Å². The van der Waals surface area contributed by atoms with Gasteiger partial charge in [0.15, 0.2) is 6.29 Å². The van der Waals surface area contributed by atoms with Crippen LogP contribution in [0.2, 0.25) is 0 Å². The molecule has 0 saturated carbocycles. The third-order valence-corrected chi connectivity index (χ3v) is 10.3. The molecule has 322 valence electrons. The van der Waals surface area contributed by atoms with Crippen LogP contribution in [0, 0.1) is 0 Å². The van der Waals surface area contributed by atoms with Gasteiger partial charge in [0.25, 0.3) is 0 Å². The molecule has 1 aliphatic heterocycles. The second kappa shape index (κ2) is 38.0. The first-order valence-corrected chi connectivity index (χ1v) is 22.6. The third-order valence-electron chi connectivity index (χ3n) is 10.3. The summed E-state index contributed by atoms with van der Waals surface area (Å²) in [5.41, 5.74) is 0. The molecule has 1 fully saturated rings. The Hall–Kier alpha value is -1.59. The topological polar surface area (TPSA) is 135 Å². The van der Waals surface area contributed by atoms with Crippen molar-refractivity contribution in [1.82, 2.24) is 0 Å². The Labute approximate surface area is 336 Å². The lowest BCUT2D eigenvalue weighted by molar-refractivity contribution is -0.305. The molecule has 1 heterocycles. The molecule has 55 heavy (non-hydrogen) atoms. The lowest BCUT2D eigenvalue weighted by atomic mass is 9.99. The van der Waals surface area contributed by atoms with Crippen LogP contribution in [0.25, 0.3) is 0 Å². The second-order valence-electron chi connectivity index (χ2n) is 15.5. The summed E-state index contributed by atoms with van der Waals surface area (Å²) in [5.74, 6) is -0.318. The lowest BCUT2D eigenvalue weighted by Gasteiger charge is -2.39. The maximum Gasteiger partial charge on any atom is 0.306 e. The summed E-state index contributed by atoms with van der Waals surface area (Å²) in [5, 5.41) is 40.1. The van der Waals surface area contributed by atoms with E-state index in [4.69, 9.17) is 18.9 Å². The highest BCUT2D eigenvalue weighted by molar-refractivity contribution is 5.69. The number of carbonyl (C=O) groups excluding carboxylic acids is 1. The summed E-state index contributed by atoms with van der Waals surface area (Å²) in [7, 11) is 0. The molecular weight excluding hydrogens is 696 g/mol. The third kappa shape index (κ3) is 29.3. The molecule has 0 spiro atoms. The van der Waals surface area contributed by atoms with E-state index in [1.54, 1.807) is 0 Å². The fourth-order valence-corrected chi connectivity index (χ4v) is 6.73. The minimum Gasteiger partial charge on any atom is -0.457 e. The van der Waals surface area contributed by atoms with Gasteiger partial charge in [0.2, 0.25) is 0 Å². The van der Waals surface area contributed by atoms with Gasteiger partial charge in [-0.1, -0.05) is 166 Å². The van der Waals surface area contributed by atoms with E-state index in [9.17, 15) is 25.2 Å². The van der Waals surface area contributed by atoms with Crippen LogP contribution in [-0.4, -0.2) is 89.6 Å². The first-order chi connectivity index (χ1) is 26.9. The van der Waals surface area contributed by atoms with Crippen molar-refractivity contribution in [1.29, 1.82) is 0 Å². The van der Waals surface area contributed by atoms with Crippen LogP contribution >= 0.6 is 0 Å². The maximum atomic E-state index is 12.7. The molecule has 0 aromatic rings. The standard InChI is InChI=1S/C46H84O9/c1-3-5-7-9-11-13-15-17-18-19-20-21-22-23-24-26-28-30-32-34-36-52-38-40(39-53-46-45(51)44(50)43(49)41(37-47)55-46)54-42(48)35-33-31-29-27-25-16-14-12-10-8-6-4-2/h11,13,17-18,20-21,40-41,43-47,49-51H,3-10,12,14-16,19,22-39H2,1-2H3/b13-11-,18-17-,21-20-. The van der Waals surface area contributed by atoms with Crippen LogP contribution < -0.4 is 0 Å². The highest BCUT2D eigenvalue weighted by Crippen LogP contribution is 2.22. The number of aliphatic hydroxyl groups is 4. The zero-order valence-corrected chi connectivity index (χ0v) is 35.2. The molecule has 9 heteroatoms. The van der Waals surface area contributed by atoms with Crippen molar-refractivity contribution >= 4 is 5.97 Å². The first kappa shape index (κ1) is 51.4. The molecule has 6 unspecified atom stereocenters. The molecule has 0 radical (unpaired) electrons. The molecule has 1 saturated heterocycles. The number of hydrogen-bond donors (Lipinski definition) is 4. The largest absolute Gasteiger partial charge is 0.457 e. The molecular formula is C46H84O9. The Kier molecular flexibility index (Phi) is 35.5. The Morgan fingerprint density at radius 2 is 1.05 bits per heavy atom. The highest BCUT2D eigenvalue weighted by Gasteiger charge is 2.44. The van der Waals surface area contributed by atoms with Gasteiger partial charge >= 0.3 is 5.97 Å². The van der Waals surface area contributed by atoms with Crippen molar-refractivity contribution in [2.45, 2.75) is 224 Å². The van der Waals surface area contributed by atoms with Crippen molar-refractivity contribution in [3.8, 4) is 0 Å². The number of ether oxygens (including phenoxy) is 4. The molecule has 4 N–H and O–H groups in total. The Balaban J connectivity index is 2.25. The van der Waals surface area contributed by atoms with E-state index in [0.717, 1.165) is 57.8 Å². The predicted molar refractivity (Wildman–Crippen MR) is 224 cm³/mol. The first-order valence-electron chi connectivity index (χ1n) is 22.6. The Bertz CT molecular complexity index is 936. The SMILES string of the molecule is CCCCC/C=C\C/C=C\C/C=C\CCCCCCCCCOCC(COC1OC(CO)C(O)C(O)C1O)OC(=O)CCCCCCCCCCCCCC. The van der Waals surface area contributed by atoms with E-state index < -0.39 is 43.4 Å². The van der Waals surface area contributed by atoms with E-state index in [0.29, 0.717) is 13.0 Å². The molecule has 0 aromatic heterocycles. The van der Waals surface area contributed by atoms with E-state index in [1.165, 1.54) is 109 Å². The van der Waals surface area contributed by atoms with Crippen LogP contribution in [0.4, 0.5) is 0 Å². The summed E-state index contributed by atoms with van der Waals surface area (Å²) in [6.45, 7) is 4.51. The quantitative estimate of drug-likeness (QED) is 0.0274.